The minimum absolute atomic E-state index is 0.257. The molecule has 7 atom stereocenters. The van der Waals surface area contributed by atoms with Gasteiger partial charge in [-0.3, -0.25) is 0 Å². The van der Waals surface area contributed by atoms with Gasteiger partial charge in [0.05, 0.1) is 6.10 Å². The topological polar surface area (TPSA) is 94.5 Å². The summed E-state index contributed by atoms with van der Waals surface area (Å²) in [6, 6.07) is 0. The highest BCUT2D eigenvalue weighted by molar-refractivity contribution is 5.77. The Labute approximate surface area is 249 Å². The van der Waals surface area contributed by atoms with Crippen molar-refractivity contribution in [3.63, 3.8) is 0 Å². The third kappa shape index (κ3) is 11.7. The molecule has 236 valence electrons. The van der Waals surface area contributed by atoms with Crippen LogP contribution in [0.3, 0.4) is 0 Å². The van der Waals surface area contributed by atoms with Crippen LogP contribution in [0.25, 0.3) is 0 Å². The molecule has 0 amide bonds. The van der Waals surface area contributed by atoms with Crippen molar-refractivity contribution in [2.24, 2.45) is 11.8 Å². The van der Waals surface area contributed by atoms with Gasteiger partial charge in [0, 0.05) is 13.2 Å². The number of carbonyl (C=O) groups is 1. The number of rotatable bonds is 18. The highest BCUT2D eigenvalue weighted by Crippen LogP contribution is 2.38. The molecule has 2 aliphatic heterocycles. The van der Waals surface area contributed by atoms with E-state index in [0.717, 1.165) is 70.6 Å². The SMILES string of the molecule is CC(C)=CCCCCC/C=C/[C@H]1CC[C@@H](O)[C@@H]1CCCCC(OC1CCCCO1)C(C)(OC1CCCCO1)C(=O)O. The first-order valence-corrected chi connectivity index (χ1v) is 16.6. The van der Waals surface area contributed by atoms with E-state index in [1.54, 1.807) is 6.92 Å². The van der Waals surface area contributed by atoms with E-state index in [-0.39, 0.29) is 12.0 Å². The third-order valence-electron chi connectivity index (χ3n) is 9.11. The van der Waals surface area contributed by atoms with Crippen LogP contribution >= 0.6 is 0 Å². The zero-order chi connectivity index (χ0) is 29.5. The van der Waals surface area contributed by atoms with Gasteiger partial charge in [0.1, 0.15) is 6.10 Å². The van der Waals surface area contributed by atoms with Gasteiger partial charge in [-0.2, -0.15) is 0 Å². The van der Waals surface area contributed by atoms with Crippen molar-refractivity contribution in [3.05, 3.63) is 23.8 Å². The van der Waals surface area contributed by atoms with Gasteiger partial charge in [0.25, 0.3) is 0 Å². The van der Waals surface area contributed by atoms with E-state index >= 15 is 0 Å². The summed E-state index contributed by atoms with van der Waals surface area (Å²) in [5.41, 5.74) is -0.123. The van der Waals surface area contributed by atoms with Crippen molar-refractivity contribution in [1.82, 2.24) is 0 Å². The Morgan fingerprint density at radius 3 is 2.29 bits per heavy atom. The minimum atomic E-state index is -1.52. The lowest BCUT2D eigenvalue weighted by Crippen LogP contribution is -2.54. The number of hydrogen-bond acceptors (Lipinski definition) is 6. The summed E-state index contributed by atoms with van der Waals surface area (Å²) in [5, 5.41) is 21.0. The van der Waals surface area contributed by atoms with E-state index in [4.69, 9.17) is 18.9 Å². The van der Waals surface area contributed by atoms with Crippen LogP contribution in [0.4, 0.5) is 0 Å². The number of aliphatic hydroxyl groups excluding tert-OH is 1. The van der Waals surface area contributed by atoms with Crippen LogP contribution < -0.4 is 0 Å². The predicted octanol–water partition coefficient (Wildman–Crippen LogP) is 7.71. The van der Waals surface area contributed by atoms with Gasteiger partial charge < -0.3 is 29.2 Å². The molecule has 3 rings (SSSR count). The second-order valence-electron chi connectivity index (χ2n) is 12.9. The number of allylic oxidation sites excluding steroid dienone is 4. The summed E-state index contributed by atoms with van der Waals surface area (Å²) in [5.74, 6) is -0.335. The van der Waals surface area contributed by atoms with E-state index in [1.807, 2.05) is 0 Å². The molecule has 7 heteroatoms. The first-order valence-electron chi connectivity index (χ1n) is 16.6. The maximum atomic E-state index is 12.6. The molecule has 7 nitrogen and oxygen atoms in total. The number of carboxylic acids is 1. The predicted molar refractivity (Wildman–Crippen MR) is 162 cm³/mol. The van der Waals surface area contributed by atoms with Gasteiger partial charge >= 0.3 is 5.97 Å². The molecule has 3 fully saturated rings. The summed E-state index contributed by atoms with van der Waals surface area (Å²) >= 11 is 0. The van der Waals surface area contributed by atoms with E-state index in [9.17, 15) is 15.0 Å². The summed E-state index contributed by atoms with van der Waals surface area (Å²) in [7, 11) is 0. The Hall–Kier alpha value is -1.25. The molecule has 1 saturated carbocycles. The fourth-order valence-corrected chi connectivity index (χ4v) is 6.49. The number of carboxylic acid groups (broad SMARTS) is 1. The zero-order valence-corrected chi connectivity index (χ0v) is 26.1. The molecule has 4 unspecified atom stereocenters. The molecular formula is C34H58O7. The first-order chi connectivity index (χ1) is 19.8. The normalized spacial score (nSPS) is 29.3. The fourth-order valence-electron chi connectivity index (χ4n) is 6.49. The smallest absolute Gasteiger partial charge is 0.338 e. The van der Waals surface area contributed by atoms with Gasteiger partial charge in [-0.25, -0.2) is 4.79 Å². The largest absolute Gasteiger partial charge is 0.479 e. The quantitative estimate of drug-likeness (QED) is 0.127. The zero-order valence-electron chi connectivity index (χ0n) is 26.1. The first kappa shape index (κ1) is 34.2. The van der Waals surface area contributed by atoms with E-state index in [2.05, 4.69) is 32.1 Å². The molecule has 0 aromatic rings. The second-order valence-corrected chi connectivity index (χ2v) is 12.9. The lowest BCUT2D eigenvalue weighted by Gasteiger charge is -2.39. The fraction of sp³-hybridized carbons (Fsp3) is 0.853. The Balaban J connectivity index is 1.50. The third-order valence-corrected chi connectivity index (χ3v) is 9.11. The number of aliphatic hydroxyl groups is 1. The lowest BCUT2D eigenvalue weighted by molar-refractivity contribution is -0.279. The highest BCUT2D eigenvalue weighted by atomic mass is 16.7. The molecule has 2 N–H and O–H groups in total. The summed E-state index contributed by atoms with van der Waals surface area (Å²) in [6.07, 6.45) is 21.7. The van der Waals surface area contributed by atoms with Gasteiger partial charge in [-0.1, -0.05) is 43.1 Å². The van der Waals surface area contributed by atoms with Crippen LogP contribution in [-0.4, -0.2) is 59.8 Å². The number of hydrogen-bond donors (Lipinski definition) is 2. The highest BCUT2D eigenvalue weighted by Gasteiger charge is 2.47. The molecule has 3 aliphatic rings. The number of aliphatic carboxylic acids is 1. The number of unbranched alkanes of at least 4 members (excludes halogenated alkanes) is 5. The molecule has 0 aromatic heterocycles. The standard InChI is InChI=1S/C34H58O7/c1-26(2)16-8-6-4-5-7-9-17-27-22-23-29(35)28(27)18-10-11-19-30(40-31-20-12-14-24-38-31)34(3,33(36)37)41-32-21-13-15-25-39-32/h9,16-17,27-32,35H,4-8,10-15,18-25H2,1-3H3,(H,36,37)/b17-9+/t27-,28+,29+,30?,31?,32?,34?/m0/s1. The van der Waals surface area contributed by atoms with Gasteiger partial charge in [-0.05, 0) is 122 Å². The molecule has 0 bridgehead atoms. The van der Waals surface area contributed by atoms with Crippen molar-refractivity contribution in [2.75, 3.05) is 13.2 Å². The van der Waals surface area contributed by atoms with Crippen LogP contribution in [0, 0.1) is 11.8 Å². The summed E-state index contributed by atoms with van der Waals surface area (Å²) in [6.45, 7) is 7.17. The molecule has 1 aliphatic carbocycles. The van der Waals surface area contributed by atoms with E-state index in [1.165, 1.54) is 31.3 Å². The Kier molecular flexibility index (Phi) is 15.4. The molecule has 2 saturated heterocycles. The maximum Gasteiger partial charge on any atom is 0.338 e. The van der Waals surface area contributed by atoms with Crippen LogP contribution in [0.5, 0.6) is 0 Å². The molecular weight excluding hydrogens is 520 g/mol. The van der Waals surface area contributed by atoms with E-state index in [0.29, 0.717) is 32.0 Å². The molecule has 41 heavy (non-hydrogen) atoms. The molecule has 0 aromatic carbocycles. The average Bonchev–Trinajstić information content (AvgIpc) is 3.31. The second kappa shape index (κ2) is 18.4. The monoisotopic (exact) mass is 578 g/mol. The van der Waals surface area contributed by atoms with Crippen molar-refractivity contribution in [3.8, 4) is 0 Å². The Morgan fingerprint density at radius 1 is 0.927 bits per heavy atom. The van der Waals surface area contributed by atoms with Crippen molar-refractivity contribution >= 4 is 5.97 Å². The van der Waals surface area contributed by atoms with Gasteiger partial charge in [-0.15, -0.1) is 0 Å². The Bertz CT molecular complexity index is 795. The van der Waals surface area contributed by atoms with Crippen LogP contribution in [0.2, 0.25) is 0 Å². The molecule has 0 spiro atoms. The number of ether oxygens (including phenoxy) is 4. The van der Waals surface area contributed by atoms with Crippen LogP contribution in [-0.2, 0) is 23.7 Å². The van der Waals surface area contributed by atoms with Crippen molar-refractivity contribution in [1.29, 1.82) is 0 Å². The summed E-state index contributed by atoms with van der Waals surface area (Å²) in [4.78, 5) is 12.6. The molecule has 0 radical (unpaired) electrons. The van der Waals surface area contributed by atoms with Crippen LogP contribution in [0.15, 0.2) is 23.8 Å². The maximum absolute atomic E-state index is 12.6. The van der Waals surface area contributed by atoms with Gasteiger partial charge in [0.2, 0.25) is 0 Å². The summed E-state index contributed by atoms with van der Waals surface area (Å²) < 4.78 is 24.1. The van der Waals surface area contributed by atoms with Crippen LogP contribution in [0.1, 0.15) is 130 Å². The average molecular weight is 579 g/mol. The molecule has 2 heterocycles. The van der Waals surface area contributed by atoms with E-state index < -0.39 is 30.3 Å². The Morgan fingerprint density at radius 2 is 1.63 bits per heavy atom. The van der Waals surface area contributed by atoms with Crippen molar-refractivity contribution < 1.29 is 34.0 Å². The lowest BCUT2D eigenvalue weighted by atomic mass is 9.87. The van der Waals surface area contributed by atoms with Crippen molar-refractivity contribution in [2.45, 2.75) is 160 Å². The minimum Gasteiger partial charge on any atom is -0.479 e. The van der Waals surface area contributed by atoms with Gasteiger partial charge in [0.15, 0.2) is 18.2 Å².